The first-order valence-electron chi connectivity index (χ1n) is 5.81. The Morgan fingerprint density at radius 2 is 2.11 bits per heavy atom. The molecule has 0 aliphatic rings. The van der Waals surface area contributed by atoms with Crippen LogP contribution in [0.1, 0.15) is 18.2 Å². The lowest BCUT2D eigenvalue weighted by Crippen LogP contribution is -1.95. The molecule has 1 aromatic heterocycles. The van der Waals surface area contributed by atoms with Gasteiger partial charge >= 0.3 is 0 Å². The molecule has 2 nitrogen and oxygen atoms in total. The fraction of sp³-hybridized carbons (Fsp3) is 0.214. The summed E-state index contributed by atoms with van der Waals surface area (Å²) in [4.78, 5) is 4.36. The zero-order valence-electron chi connectivity index (χ0n) is 10.3. The summed E-state index contributed by atoms with van der Waals surface area (Å²) >= 11 is 9.10. The van der Waals surface area contributed by atoms with Gasteiger partial charge in [0.25, 0.3) is 0 Å². The smallest absolute Gasteiger partial charge is 0.219 e. The highest BCUT2D eigenvalue weighted by Gasteiger charge is 2.07. The van der Waals surface area contributed by atoms with Crippen LogP contribution in [0.3, 0.4) is 0 Å². The summed E-state index contributed by atoms with van der Waals surface area (Å²) in [7, 11) is 0. The maximum absolute atomic E-state index is 13.0. The van der Waals surface area contributed by atoms with Gasteiger partial charge in [-0.05, 0) is 52.2 Å². The molecule has 0 radical (unpaired) electrons. The molecule has 0 atom stereocenters. The SMILES string of the molecule is CCc1cc(CCl)cc(Oc2ccc(F)cc2Br)n1. The summed E-state index contributed by atoms with van der Waals surface area (Å²) in [5.74, 6) is 1.05. The molecule has 0 amide bonds. The van der Waals surface area contributed by atoms with Gasteiger partial charge in [0.15, 0.2) is 0 Å². The molecule has 0 N–H and O–H groups in total. The maximum Gasteiger partial charge on any atom is 0.219 e. The van der Waals surface area contributed by atoms with Crippen molar-refractivity contribution >= 4 is 27.5 Å². The average molecular weight is 345 g/mol. The minimum Gasteiger partial charge on any atom is -0.438 e. The van der Waals surface area contributed by atoms with Crippen molar-refractivity contribution in [3.8, 4) is 11.6 Å². The van der Waals surface area contributed by atoms with E-state index < -0.39 is 0 Å². The lowest BCUT2D eigenvalue weighted by molar-refractivity contribution is 0.455. The molecule has 0 fully saturated rings. The van der Waals surface area contributed by atoms with Gasteiger partial charge in [0.1, 0.15) is 11.6 Å². The number of hydrogen-bond donors (Lipinski definition) is 0. The molecule has 0 bridgehead atoms. The van der Waals surface area contributed by atoms with Gasteiger partial charge < -0.3 is 4.74 Å². The van der Waals surface area contributed by atoms with Gasteiger partial charge in [-0.1, -0.05) is 6.92 Å². The summed E-state index contributed by atoms with van der Waals surface area (Å²) < 4.78 is 19.2. The second kappa shape index (κ2) is 6.35. The van der Waals surface area contributed by atoms with E-state index in [0.29, 0.717) is 22.0 Å². The van der Waals surface area contributed by atoms with E-state index in [1.54, 1.807) is 12.1 Å². The van der Waals surface area contributed by atoms with Crippen LogP contribution in [0.25, 0.3) is 0 Å². The second-order valence-electron chi connectivity index (χ2n) is 3.97. The van der Waals surface area contributed by atoms with Crippen molar-refractivity contribution in [2.45, 2.75) is 19.2 Å². The van der Waals surface area contributed by atoms with Crippen molar-refractivity contribution < 1.29 is 9.13 Å². The molecule has 0 aliphatic carbocycles. The van der Waals surface area contributed by atoms with Crippen molar-refractivity contribution in [2.75, 3.05) is 0 Å². The first kappa shape index (κ1) is 14.3. The largest absolute Gasteiger partial charge is 0.438 e. The third-order valence-corrected chi connectivity index (χ3v) is 3.47. The molecule has 0 saturated carbocycles. The van der Waals surface area contributed by atoms with Crippen LogP contribution in [0.5, 0.6) is 11.6 Å². The highest BCUT2D eigenvalue weighted by atomic mass is 79.9. The Balaban J connectivity index is 2.31. The number of nitrogens with zero attached hydrogens (tertiary/aromatic N) is 1. The Morgan fingerprint density at radius 1 is 1.32 bits per heavy atom. The second-order valence-corrected chi connectivity index (χ2v) is 5.09. The average Bonchev–Trinajstić information content (AvgIpc) is 2.41. The van der Waals surface area contributed by atoms with Crippen molar-refractivity contribution in [1.82, 2.24) is 4.98 Å². The lowest BCUT2D eigenvalue weighted by atomic mass is 10.2. The predicted molar refractivity (Wildman–Crippen MR) is 77.3 cm³/mol. The summed E-state index contributed by atoms with van der Waals surface area (Å²) in [5.41, 5.74) is 1.85. The van der Waals surface area contributed by atoms with Crippen LogP contribution in [0, 0.1) is 5.82 Å². The number of pyridine rings is 1. The molecule has 0 spiro atoms. The maximum atomic E-state index is 13.0. The molecular weight excluding hydrogens is 333 g/mol. The molecule has 5 heteroatoms. The molecule has 0 unspecified atom stereocenters. The number of aryl methyl sites for hydroxylation is 1. The third-order valence-electron chi connectivity index (χ3n) is 2.54. The Morgan fingerprint density at radius 3 is 2.74 bits per heavy atom. The molecule has 100 valence electrons. The highest BCUT2D eigenvalue weighted by molar-refractivity contribution is 9.10. The van der Waals surface area contributed by atoms with E-state index >= 15 is 0 Å². The van der Waals surface area contributed by atoms with Gasteiger partial charge in [0.05, 0.1) is 4.47 Å². The monoisotopic (exact) mass is 343 g/mol. The van der Waals surface area contributed by atoms with Crippen LogP contribution in [-0.4, -0.2) is 4.98 Å². The minimum atomic E-state index is -0.323. The molecule has 1 aromatic carbocycles. The van der Waals surface area contributed by atoms with Crippen LogP contribution < -0.4 is 4.74 Å². The van der Waals surface area contributed by atoms with E-state index in [9.17, 15) is 4.39 Å². The minimum absolute atomic E-state index is 0.323. The third kappa shape index (κ3) is 3.67. The topological polar surface area (TPSA) is 22.1 Å². The van der Waals surface area contributed by atoms with E-state index in [1.807, 2.05) is 13.0 Å². The lowest BCUT2D eigenvalue weighted by Gasteiger charge is -2.09. The number of benzene rings is 1. The van der Waals surface area contributed by atoms with Crippen molar-refractivity contribution in [1.29, 1.82) is 0 Å². The van der Waals surface area contributed by atoms with Gasteiger partial charge in [0.2, 0.25) is 5.88 Å². The summed E-state index contributed by atoms with van der Waals surface area (Å²) in [5, 5.41) is 0. The van der Waals surface area contributed by atoms with Gasteiger partial charge in [0, 0.05) is 17.6 Å². The molecule has 0 saturated heterocycles. The summed E-state index contributed by atoms with van der Waals surface area (Å²) in [6.45, 7) is 2.01. The fourth-order valence-electron chi connectivity index (χ4n) is 1.60. The molecule has 19 heavy (non-hydrogen) atoms. The normalized spacial score (nSPS) is 10.5. The van der Waals surface area contributed by atoms with E-state index in [1.165, 1.54) is 12.1 Å². The van der Waals surface area contributed by atoms with E-state index in [4.69, 9.17) is 16.3 Å². The number of aromatic nitrogens is 1. The van der Waals surface area contributed by atoms with Gasteiger partial charge in [-0.2, -0.15) is 0 Å². The molecular formula is C14H12BrClFNO. The number of rotatable bonds is 4. The number of alkyl halides is 1. The Bertz CT molecular complexity index is 569. The van der Waals surface area contributed by atoms with Crippen LogP contribution in [0.15, 0.2) is 34.8 Å². The first-order chi connectivity index (χ1) is 9.12. The van der Waals surface area contributed by atoms with Crippen LogP contribution >= 0.6 is 27.5 Å². The Hall–Kier alpha value is -1.13. The standard InChI is InChI=1S/C14H12BrClFNO/c1-2-11-5-9(8-16)6-14(18-11)19-13-4-3-10(17)7-12(13)15/h3-7H,2,8H2,1H3. The van der Waals surface area contributed by atoms with E-state index in [-0.39, 0.29) is 5.82 Å². The molecule has 2 aromatic rings. The fourth-order valence-corrected chi connectivity index (χ4v) is 2.19. The first-order valence-corrected chi connectivity index (χ1v) is 7.14. The molecule has 0 aliphatic heterocycles. The molecule has 2 rings (SSSR count). The Labute approximate surface area is 124 Å². The zero-order valence-corrected chi connectivity index (χ0v) is 12.6. The number of halogens is 3. The predicted octanol–water partition coefficient (Wildman–Crippen LogP) is 5.08. The van der Waals surface area contributed by atoms with E-state index in [0.717, 1.165) is 17.7 Å². The number of ether oxygens (including phenoxy) is 1. The van der Waals surface area contributed by atoms with Gasteiger partial charge in [-0.15, -0.1) is 11.6 Å². The van der Waals surface area contributed by atoms with Gasteiger partial charge in [-0.25, -0.2) is 9.37 Å². The van der Waals surface area contributed by atoms with Crippen LogP contribution in [0.2, 0.25) is 0 Å². The number of hydrogen-bond acceptors (Lipinski definition) is 2. The van der Waals surface area contributed by atoms with Crippen molar-refractivity contribution in [2.24, 2.45) is 0 Å². The van der Waals surface area contributed by atoms with Gasteiger partial charge in [-0.3, -0.25) is 0 Å². The summed E-state index contributed by atoms with van der Waals surface area (Å²) in [6.07, 6.45) is 0.797. The molecule has 1 heterocycles. The van der Waals surface area contributed by atoms with Crippen molar-refractivity contribution in [3.05, 3.63) is 51.9 Å². The summed E-state index contributed by atoms with van der Waals surface area (Å²) in [6, 6.07) is 7.97. The quantitative estimate of drug-likeness (QED) is 0.722. The van der Waals surface area contributed by atoms with E-state index in [2.05, 4.69) is 20.9 Å². The highest BCUT2D eigenvalue weighted by Crippen LogP contribution is 2.30. The van der Waals surface area contributed by atoms with Crippen LogP contribution in [-0.2, 0) is 12.3 Å². The Kier molecular flexibility index (Phi) is 4.77. The zero-order chi connectivity index (χ0) is 13.8. The van der Waals surface area contributed by atoms with Crippen molar-refractivity contribution in [3.63, 3.8) is 0 Å². The van der Waals surface area contributed by atoms with Crippen LogP contribution in [0.4, 0.5) is 4.39 Å².